The van der Waals surface area contributed by atoms with Crippen molar-refractivity contribution in [1.82, 2.24) is 15.4 Å². The Morgan fingerprint density at radius 1 is 1.26 bits per heavy atom. The molecule has 12 heteroatoms. The predicted octanol–water partition coefficient (Wildman–Crippen LogP) is 1.52. The number of aliphatic imine (C=N–C) groups is 1. The lowest BCUT2D eigenvalue weighted by atomic mass is 10.2. The van der Waals surface area contributed by atoms with E-state index in [0.717, 1.165) is 0 Å². The largest absolute Gasteiger partial charge is 0.497 e. The van der Waals surface area contributed by atoms with Gasteiger partial charge in [-0.1, -0.05) is 0 Å². The highest BCUT2D eigenvalue weighted by atomic mass is 127. The van der Waals surface area contributed by atoms with E-state index in [1.54, 1.807) is 13.0 Å². The van der Waals surface area contributed by atoms with E-state index in [4.69, 9.17) is 4.74 Å². The maximum atomic E-state index is 12.5. The van der Waals surface area contributed by atoms with Gasteiger partial charge in [0.05, 0.1) is 12.9 Å². The summed E-state index contributed by atoms with van der Waals surface area (Å²) in [6.07, 6.45) is 0. The number of nitrogens with zero attached hydrogens (tertiary/aromatic N) is 1. The van der Waals surface area contributed by atoms with Gasteiger partial charge in [-0.15, -0.1) is 24.0 Å². The Morgan fingerprint density at radius 3 is 2.52 bits per heavy atom. The number of halogens is 3. The zero-order valence-corrected chi connectivity index (χ0v) is 18.4. The molecule has 3 N–H and O–H groups in total. The first kappa shape index (κ1) is 25.6. The molecule has 8 nitrogen and oxygen atoms in total. The molecule has 0 amide bonds. The van der Waals surface area contributed by atoms with Crippen molar-refractivity contribution in [3.8, 4) is 11.5 Å². The number of methoxy groups -OCH3 is 1. The summed E-state index contributed by atoms with van der Waals surface area (Å²) in [7, 11) is -0.250. The molecule has 0 unspecified atom stereocenters. The smallest absolute Gasteiger partial charge is 0.387 e. The molecule has 0 saturated heterocycles. The minimum absolute atomic E-state index is 0. The molecule has 1 aromatic carbocycles. The molecular formula is C15H25F2IN4O4S. The number of rotatable bonds is 10. The normalized spacial score (nSPS) is 11.7. The van der Waals surface area contributed by atoms with E-state index in [1.807, 2.05) is 0 Å². The lowest BCUT2D eigenvalue weighted by Crippen LogP contribution is -2.41. The Bertz CT molecular complexity index is 705. The fourth-order valence-corrected chi connectivity index (χ4v) is 2.54. The predicted molar refractivity (Wildman–Crippen MR) is 111 cm³/mol. The monoisotopic (exact) mass is 522 g/mol. The van der Waals surface area contributed by atoms with Gasteiger partial charge < -0.3 is 20.1 Å². The number of hydrogen-bond acceptors (Lipinski definition) is 5. The van der Waals surface area contributed by atoms with Crippen LogP contribution in [0.2, 0.25) is 0 Å². The molecule has 0 spiro atoms. The number of sulfonamides is 1. The van der Waals surface area contributed by atoms with E-state index < -0.39 is 16.6 Å². The molecule has 0 heterocycles. The average molecular weight is 522 g/mol. The Morgan fingerprint density at radius 2 is 1.96 bits per heavy atom. The van der Waals surface area contributed by atoms with Gasteiger partial charge in [-0.05, 0) is 25.1 Å². The Balaban J connectivity index is 0.00000676. The van der Waals surface area contributed by atoms with Crippen molar-refractivity contribution in [2.45, 2.75) is 20.1 Å². The third kappa shape index (κ3) is 9.91. The molecule has 0 aliphatic rings. The number of benzene rings is 1. The molecule has 0 fully saturated rings. The summed E-state index contributed by atoms with van der Waals surface area (Å²) in [5.41, 5.74) is 0.458. The molecule has 1 rings (SSSR count). The highest BCUT2D eigenvalue weighted by Crippen LogP contribution is 2.25. The van der Waals surface area contributed by atoms with Crippen molar-refractivity contribution >= 4 is 40.0 Å². The number of guanidine groups is 1. The van der Waals surface area contributed by atoms with E-state index in [1.165, 1.54) is 26.3 Å². The molecule has 0 aliphatic carbocycles. The van der Waals surface area contributed by atoms with Gasteiger partial charge >= 0.3 is 6.61 Å². The SMILES string of the molecule is CCS(=O)(=O)NCCNC(=NC)NCc1cc(OC)ccc1OC(F)F.I. The molecule has 156 valence electrons. The van der Waals surface area contributed by atoms with E-state index in [2.05, 4.69) is 25.1 Å². The van der Waals surface area contributed by atoms with Crippen LogP contribution in [-0.4, -0.2) is 54.0 Å². The maximum absolute atomic E-state index is 12.5. The fourth-order valence-electron chi connectivity index (χ4n) is 1.92. The minimum atomic E-state index is -3.26. The lowest BCUT2D eigenvalue weighted by Gasteiger charge is -2.15. The highest BCUT2D eigenvalue weighted by molar-refractivity contribution is 14.0. The first-order chi connectivity index (χ1) is 12.3. The van der Waals surface area contributed by atoms with Crippen LogP contribution in [0.3, 0.4) is 0 Å². The maximum Gasteiger partial charge on any atom is 0.387 e. The minimum Gasteiger partial charge on any atom is -0.497 e. The summed E-state index contributed by atoms with van der Waals surface area (Å²) in [5, 5.41) is 5.86. The third-order valence-electron chi connectivity index (χ3n) is 3.27. The second-order valence-corrected chi connectivity index (χ2v) is 7.10. The molecule has 0 bridgehead atoms. The van der Waals surface area contributed by atoms with Gasteiger partial charge in [-0.2, -0.15) is 8.78 Å². The summed E-state index contributed by atoms with van der Waals surface area (Å²) in [6, 6.07) is 4.50. The van der Waals surface area contributed by atoms with Crippen molar-refractivity contribution < 1.29 is 26.7 Å². The van der Waals surface area contributed by atoms with Gasteiger partial charge in [0, 0.05) is 32.2 Å². The van der Waals surface area contributed by atoms with Gasteiger partial charge in [0.2, 0.25) is 10.0 Å². The molecule has 1 aromatic rings. The van der Waals surface area contributed by atoms with Crippen molar-refractivity contribution in [2.75, 3.05) is 33.0 Å². The van der Waals surface area contributed by atoms with Gasteiger partial charge in [0.15, 0.2) is 5.96 Å². The van der Waals surface area contributed by atoms with Crippen LogP contribution in [0, 0.1) is 0 Å². The summed E-state index contributed by atoms with van der Waals surface area (Å²) in [5.74, 6) is 0.911. The van der Waals surface area contributed by atoms with E-state index in [-0.39, 0.29) is 48.6 Å². The fraction of sp³-hybridized carbons (Fsp3) is 0.533. The molecular weight excluding hydrogens is 497 g/mol. The average Bonchev–Trinajstić information content (AvgIpc) is 2.61. The second kappa shape index (κ2) is 12.9. The molecule has 0 aromatic heterocycles. The summed E-state index contributed by atoms with van der Waals surface area (Å²) in [4.78, 5) is 3.99. The number of hydrogen-bond donors (Lipinski definition) is 3. The second-order valence-electron chi connectivity index (χ2n) is 5.00. The summed E-state index contributed by atoms with van der Waals surface area (Å²) < 4.78 is 59.7. The van der Waals surface area contributed by atoms with Crippen LogP contribution in [0.4, 0.5) is 8.78 Å². The first-order valence-electron chi connectivity index (χ1n) is 7.84. The molecule has 0 atom stereocenters. The molecule has 27 heavy (non-hydrogen) atoms. The van der Waals surface area contributed by atoms with E-state index >= 15 is 0 Å². The van der Waals surface area contributed by atoms with Crippen molar-refractivity contribution in [1.29, 1.82) is 0 Å². The Kier molecular flexibility index (Phi) is 12.2. The van der Waals surface area contributed by atoms with Crippen molar-refractivity contribution in [2.24, 2.45) is 4.99 Å². The highest BCUT2D eigenvalue weighted by Gasteiger charge is 2.12. The van der Waals surface area contributed by atoms with Gasteiger partial charge in [-0.25, -0.2) is 13.1 Å². The zero-order chi connectivity index (χ0) is 19.6. The van der Waals surface area contributed by atoms with Crippen LogP contribution in [0.5, 0.6) is 11.5 Å². The van der Waals surface area contributed by atoms with Crippen LogP contribution in [0.1, 0.15) is 12.5 Å². The van der Waals surface area contributed by atoms with Crippen LogP contribution >= 0.6 is 24.0 Å². The number of nitrogens with one attached hydrogen (secondary N) is 3. The first-order valence-corrected chi connectivity index (χ1v) is 9.50. The lowest BCUT2D eigenvalue weighted by molar-refractivity contribution is -0.0505. The van der Waals surface area contributed by atoms with Crippen LogP contribution < -0.4 is 24.8 Å². The quantitative estimate of drug-likeness (QED) is 0.187. The van der Waals surface area contributed by atoms with E-state index in [9.17, 15) is 17.2 Å². The van der Waals surface area contributed by atoms with Gasteiger partial charge in [0.25, 0.3) is 0 Å². The zero-order valence-electron chi connectivity index (χ0n) is 15.3. The molecule has 0 radical (unpaired) electrons. The summed E-state index contributed by atoms with van der Waals surface area (Å²) in [6.45, 7) is -0.748. The van der Waals surface area contributed by atoms with E-state index in [0.29, 0.717) is 23.8 Å². The standard InChI is InChI=1S/C15H24F2N4O4S.HI/c1-4-26(22,23)21-8-7-19-15(18-2)20-10-11-9-12(24-3)5-6-13(11)25-14(16)17;/h5-6,9,14,21H,4,7-8,10H2,1-3H3,(H2,18,19,20);1H. The topological polar surface area (TPSA) is 101 Å². The number of ether oxygens (including phenoxy) is 2. The van der Waals surface area contributed by atoms with Crippen molar-refractivity contribution in [3.05, 3.63) is 23.8 Å². The number of alkyl halides is 2. The Labute approximate surface area is 175 Å². The van der Waals surface area contributed by atoms with Crippen LogP contribution in [-0.2, 0) is 16.6 Å². The summed E-state index contributed by atoms with van der Waals surface area (Å²) >= 11 is 0. The molecule has 0 aliphatic heterocycles. The van der Waals surface area contributed by atoms with Crippen LogP contribution in [0.25, 0.3) is 0 Å². The van der Waals surface area contributed by atoms with Crippen LogP contribution in [0.15, 0.2) is 23.2 Å². The van der Waals surface area contributed by atoms with Crippen molar-refractivity contribution in [3.63, 3.8) is 0 Å². The Hall–Kier alpha value is -1.41. The third-order valence-corrected chi connectivity index (χ3v) is 4.68. The van der Waals surface area contributed by atoms with Gasteiger partial charge in [0.1, 0.15) is 11.5 Å². The van der Waals surface area contributed by atoms with Gasteiger partial charge in [-0.3, -0.25) is 4.99 Å². The molecule has 0 saturated carbocycles.